The summed E-state index contributed by atoms with van der Waals surface area (Å²) < 4.78 is 63.0. The van der Waals surface area contributed by atoms with Crippen LogP contribution in [0.1, 0.15) is 36.3 Å². The number of nitrogens with one attached hydrogen (secondary N) is 2. The number of ether oxygens (including phenoxy) is 1. The molecule has 2 N–H and O–H groups in total. The molecule has 0 bridgehead atoms. The number of benzene rings is 2. The highest BCUT2D eigenvalue weighted by molar-refractivity contribution is 5.88. The van der Waals surface area contributed by atoms with Crippen molar-refractivity contribution in [3.05, 3.63) is 83.9 Å². The highest BCUT2D eigenvalue weighted by atomic mass is 19.4. The van der Waals surface area contributed by atoms with Gasteiger partial charge in [0.1, 0.15) is 5.82 Å². The minimum Gasteiger partial charge on any atom is -0.367 e. The van der Waals surface area contributed by atoms with Gasteiger partial charge in [0.05, 0.1) is 0 Å². The standard InChI is InChI=1S/C29H29F4N3O3/c1-39-28(29(31,32)33,22-4-2-3-20(15-22)21-9-12-34-17-21)26(38)36-13-10-27(11-14-36)16-25(37)35-18-24(27)19-5-7-23(30)8-6-19/h2-9,12,15,17,24,34H,10-11,13-14,16,18H2,1H3,(H,35,37)/t24-,28+/m0/s1. The first-order valence-corrected chi connectivity index (χ1v) is 12.8. The fourth-order valence-corrected chi connectivity index (χ4v) is 6.16. The van der Waals surface area contributed by atoms with Crippen LogP contribution in [0.2, 0.25) is 0 Å². The van der Waals surface area contributed by atoms with Crippen LogP contribution in [0.25, 0.3) is 11.1 Å². The van der Waals surface area contributed by atoms with Crippen molar-refractivity contribution in [3.8, 4) is 11.1 Å². The van der Waals surface area contributed by atoms with E-state index in [-0.39, 0.29) is 42.7 Å². The summed E-state index contributed by atoms with van der Waals surface area (Å²) in [6.07, 6.45) is -0.874. The molecule has 2 fully saturated rings. The third kappa shape index (κ3) is 4.71. The van der Waals surface area contributed by atoms with Gasteiger partial charge in [-0.2, -0.15) is 13.2 Å². The molecule has 10 heteroatoms. The van der Waals surface area contributed by atoms with Gasteiger partial charge in [-0.15, -0.1) is 0 Å². The molecule has 0 saturated carbocycles. The molecule has 6 nitrogen and oxygen atoms in total. The number of carbonyl (C=O) groups is 2. The molecule has 5 rings (SSSR count). The zero-order valence-electron chi connectivity index (χ0n) is 21.4. The first kappa shape index (κ1) is 26.9. The highest BCUT2D eigenvalue weighted by Crippen LogP contribution is 2.50. The Morgan fingerprint density at radius 3 is 2.38 bits per heavy atom. The SMILES string of the molecule is CO[C@@](C(=O)N1CCC2(CC1)CC(=O)NC[C@H]2c1ccc(F)cc1)(c1cccc(-c2cc[nH]c2)c1)C(F)(F)F. The number of hydrogen-bond acceptors (Lipinski definition) is 3. The summed E-state index contributed by atoms with van der Waals surface area (Å²) in [7, 11) is 0.899. The number of hydrogen-bond donors (Lipinski definition) is 2. The Bertz CT molecular complexity index is 1330. The Balaban J connectivity index is 1.45. The van der Waals surface area contributed by atoms with E-state index in [1.807, 2.05) is 0 Å². The molecule has 206 valence electrons. The second-order valence-electron chi connectivity index (χ2n) is 10.3. The molecule has 2 amide bonds. The second kappa shape index (κ2) is 10.1. The average Bonchev–Trinajstić information content (AvgIpc) is 3.45. The number of methoxy groups -OCH3 is 1. The van der Waals surface area contributed by atoms with Crippen LogP contribution in [0.5, 0.6) is 0 Å². The van der Waals surface area contributed by atoms with Crippen LogP contribution in [0, 0.1) is 11.2 Å². The molecule has 2 aliphatic heterocycles. The first-order chi connectivity index (χ1) is 18.6. The fourth-order valence-electron chi connectivity index (χ4n) is 6.16. The second-order valence-corrected chi connectivity index (χ2v) is 10.3. The Hall–Kier alpha value is -3.66. The van der Waals surface area contributed by atoms with Crippen LogP contribution in [0.3, 0.4) is 0 Å². The van der Waals surface area contributed by atoms with Crippen LogP contribution >= 0.6 is 0 Å². The van der Waals surface area contributed by atoms with Gasteiger partial charge in [-0.3, -0.25) is 9.59 Å². The van der Waals surface area contributed by atoms with Crippen molar-refractivity contribution >= 4 is 11.8 Å². The maximum absolute atomic E-state index is 14.8. The van der Waals surface area contributed by atoms with Gasteiger partial charge in [-0.05, 0) is 59.2 Å². The van der Waals surface area contributed by atoms with Crippen molar-refractivity contribution < 1.29 is 31.9 Å². The zero-order chi connectivity index (χ0) is 27.8. The molecule has 39 heavy (non-hydrogen) atoms. The number of halogens is 4. The minimum absolute atomic E-state index is 0.0303. The van der Waals surface area contributed by atoms with Gasteiger partial charge < -0.3 is 19.9 Å². The van der Waals surface area contributed by atoms with Gasteiger partial charge in [0.15, 0.2) is 0 Å². The number of aromatic nitrogens is 1. The molecule has 2 aromatic carbocycles. The maximum atomic E-state index is 14.8. The van der Waals surface area contributed by atoms with E-state index in [2.05, 4.69) is 10.3 Å². The van der Waals surface area contributed by atoms with Gasteiger partial charge in [0.25, 0.3) is 11.5 Å². The van der Waals surface area contributed by atoms with E-state index in [1.54, 1.807) is 36.7 Å². The predicted octanol–water partition coefficient (Wildman–Crippen LogP) is 5.14. The lowest BCUT2D eigenvalue weighted by Gasteiger charge is -2.50. The summed E-state index contributed by atoms with van der Waals surface area (Å²) in [4.78, 5) is 30.3. The van der Waals surface area contributed by atoms with Crippen LogP contribution in [0.15, 0.2) is 67.0 Å². The molecule has 0 radical (unpaired) electrons. The Labute approximate surface area is 223 Å². The number of piperidine rings is 2. The molecule has 3 heterocycles. The van der Waals surface area contributed by atoms with Gasteiger partial charge in [0, 0.05) is 57.0 Å². The molecule has 2 atom stereocenters. The van der Waals surface area contributed by atoms with E-state index in [1.165, 1.54) is 35.2 Å². The third-order valence-corrected chi connectivity index (χ3v) is 8.28. The van der Waals surface area contributed by atoms with E-state index in [9.17, 15) is 27.2 Å². The number of H-pyrrole nitrogens is 1. The smallest absolute Gasteiger partial charge is 0.367 e. The van der Waals surface area contributed by atoms with Gasteiger partial charge in [-0.25, -0.2) is 4.39 Å². The number of likely N-dealkylation sites (tertiary alicyclic amines) is 1. The lowest BCUT2D eigenvalue weighted by molar-refractivity contribution is -0.271. The molecular weight excluding hydrogens is 514 g/mol. The third-order valence-electron chi connectivity index (χ3n) is 8.28. The Morgan fingerprint density at radius 1 is 1.05 bits per heavy atom. The van der Waals surface area contributed by atoms with Gasteiger partial charge >= 0.3 is 6.18 Å². The molecule has 0 aliphatic carbocycles. The first-order valence-electron chi connectivity index (χ1n) is 12.8. The number of alkyl halides is 3. The minimum atomic E-state index is -5.04. The Kier molecular flexibility index (Phi) is 7.00. The quantitative estimate of drug-likeness (QED) is 0.438. The number of nitrogens with zero attached hydrogens (tertiary/aromatic N) is 1. The number of aromatic amines is 1. The summed E-state index contributed by atoms with van der Waals surface area (Å²) in [5.41, 5.74) is -2.01. The molecule has 1 spiro atoms. The molecular formula is C29H29F4N3O3. The summed E-state index contributed by atoms with van der Waals surface area (Å²) in [6.45, 7) is 0.403. The zero-order valence-corrected chi connectivity index (χ0v) is 21.4. The average molecular weight is 544 g/mol. The lowest BCUT2D eigenvalue weighted by Crippen LogP contribution is -2.60. The number of carbonyl (C=O) groups excluding carboxylic acids is 2. The van der Waals surface area contributed by atoms with Crippen molar-refractivity contribution in [2.75, 3.05) is 26.7 Å². The molecule has 2 saturated heterocycles. The maximum Gasteiger partial charge on any atom is 0.430 e. The summed E-state index contributed by atoms with van der Waals surface area (Å²) in [6, 6.07) is 13.5. The molecule has 3 aromatic rings. The monoisotopic (exact) mass is 543 g/mol. The summed E-state index contributed by atoms with van der Waals surface area (Å²) in [5, 5.41) is 2.86. The molecule has 2 aliphatic rings. The van der Waals surface area contributed by atoms with E-state index < -0.39 is 23.1 Å². The van der Waals surface area contributed by atoms with Crippen LogP contribution in [0.4, 0.5) is 17.6 Å². The summed E-state index contributed by atoms with van der Waals surface area (Å²) in [5.74, 6) is -1.86. The van der Waals surface area contributed by atoms with Gasteiger partial charge in [0.2, 0.25) is 5.91 Å². The lowest BCUT2D eigenvalue weighted by atomic mass is 9.62. The normalized spacial score (nSPS) is 20.9. The van der Waals surface area contributed by atoms with Crippen LogP contribution in [-0.2, 0) is 19.9 Å². The van der Waals surface area contributed by atoms with Crippen LogP contribution < -0.4 is 5.32 Å². The van der Waals surface area contributed by atoms with Crippen molar-refractivity contribution in [2.45, 2.75) is 37.0 Å². The predicted molar refractivity (Wildman–Crippen MR) is 136 cm³/mol. The number of rotatable bonds is 5. The number of amides is 2. The summed E-state index contributed by atoms with van der Waals surface area (Å²) >= 11 is 0. The van der Waals surface area contributed by atoms with Crippen molar-refractivity contribution in [1.29, 1.82) is 0 Å². The van der Waals surface area contributed by atoms with Crippen molar-refractivity contribution in [1.82, 2.24) is 15.2 Å². The molecule has 0 unspecified atom stereocenters. The molecule has 1 aromatic heterocycles. The van der Waals surface area contributed by atoms with Crippen molar-refractivity contribution in [3.63, 3.8) is 0 Å². The van der Waals surface area contributed by atoms with E-state index in [0.29, 0.717) is 30.5 Å². The topological polar surface area (TPSA) is 74.4 Å². The van der Waals surface area contributed by atoms with E-state index >= 15 is 0 Å². The fraction of sp³-hybridized carbons (Fsp3) is 0.379. The van der Waals surface area contributed by atoms with E-state index in [0.717, 1.165) is 12.7 Å². The largest absolute Gasteiger partial charge is 0.430 e. The Morgan fingerprint density at radius 2 is 1.77 bits per heavy atom. The highest BCUT2D eigenvalue weighted by Gasteiger charge is 2.64. The van der Waals surface area contributed by atoms with Crippen LogP contribution in [-0.4, -0.2) is 54.6 Å². The van der Waals surface area contributed by atoms with E-state index in [4.69, 9.17) is 4.74 Å². The van der Waals surface area contributed by atoms with Gasteiger partial charge in [-0.1, -0.05) is 30.3 Å². The van der Waals surface area contributed by atoms with Crippen molar-refractivity contribution in [2.24, 2.45) is 5.41 Å².